The van der Waals surface area contributed by atoms with E-state index in [2.05, 4.69) is 0 Å². The maximum Gasteiger partial charge on any atom is 0.168 e. The van der Waals surface area contributed by atoms with Crippen LogP contribution in [0, 0.1) is 11.6 Å². The van der Waals surface area contributed by atoms with Crippen LogP contribution < -0.4 is 4.74 Å². The van der Waals surface area contributed by atoms with Crippen LogP contribution in [0.5, 0.6) is 5.75 Å². The van der Waals surface area contributed by atoms with Crippen LogP contribution in [0.25, 0.3) is 0 Å². The van der Waals surface area contributed by atoms with Crippen molar-refractivity contribution in [2.75, 3.05) is 7.11 Å². The predicted octanol–water partition coefficient (Wildman–Crippen LogP) is 3.40. The summed E-state index contributed by atoms with van der Waals surface area (Å²) >= 11 is 0. The quantitative estimate of drug-likeness (QED) is 0.789. The third kappa shape index (κ3) is 2.96. The molecule has 2 aromatic carbocycles. The lowest BCUT2D eigenvalue weighted by Crippen LogP contribution is -2.06. The first-order valence-electron chi connectivity index (χ1n) is 5.72. The van der Waals surface area contributed by atoms with Crippen molar-refractivity contribution in [2.45, 2.75) is 6.42 Å². The fraction of sp³-hybridized carbons (Fsp3) is 0.133. The SMILES string of the molecule is COc1cccc(CC(=O)c2cccc(F)c2)c1F. The molecular formula is C15H12F2O2. The Bertz CT molecular complexity index is 609. The van der Waals surface area contributed by atoms with Crippen LogP contribution in [0.1, 0.15) is 15.9 Å². The van der Waals surface area contributed by atoms with Crippen LogP contribution in [-0.4, -0.2) is 12.9 Å². The number of benzene rings is 2. The van der Waals surface area contributed by atoms with E-state index in [0.29, 0.717) is 0 Å². The van der Waals surface area contributed by atoms with E-state index >= 15 is 0 Å². The summed E-state index contributed by atoms with van der Waals surface area (Å²) in [6.07, 6.45) is -0.132. The molecule has 0 fully saturated rings. The molecule has 0 aliphatic heterocycles. The van der Waals surface area contributed by atoms with Crippen LogP contribution in [0.3, 0.4) is 0 Å². The Hall–Kier alpha value is -2.23. The molecule has 0 spiro atoms. The summed E-state index contributed by atoms with van der Waals surface area (Å²) in [5, 5.41) is 0. The lowest BCUT2D eigenvalue weighted by molar-refractivity contribution is 0.0991. The van der Waals surface area contributed by atoms with E-state index in [9.17, 15) is 13.6 Å². The van der Waals surface area contributed by atoms with E-state index in [1.54, 1.807) is 6.07 Å². The maximum absolute atomic E-state index is 13.9. The van der Waals surface area contributed by atoms with Gasteiger partial charge in [0, 0.05) is 12.0 Å². The van der Waals surface area contributed by atoms with E-state index < -0.39 is 11.6 Å². The highest BCUT2D eigenvalue weighted by Gasteiger charge is 2.13. The number of hydrogen-bond acceptors (Lipinski definition) is 2. The largest absolute Gasteiger partial charge is 0.494 e. The summed E-state index contributed by atoms with van der Waals surface area (Å²) in [7, 11) is 1.36. The van der Waals surface area contributed by atoms with Crippen LogP contribution in [0.15, 0.2) is 42.5 Å². The lowest BCUT2D eigenvalue weighted by atomic mass is 10.0. The fourth-order valence-electron chi connectivity index (χ4n) is 1.79. The number of halogens is 2. The molecule has 2 aromatic rings. The fourth-order valence-corrected chi connectivity index (χ4v) is 1.79. The molecule has 0 aromatic heterocycles. The van der Waals surface area contributed by atoms with E-state index in [0.717, 1.165) is 6.07 Å². The van der Waals surface area contributed by atoms with Crippen molar-refractivity contribution in [1.29, 1.82) is 0 Å². The van der Waals surface area contributed by atoms with Gasteiger partial charge < -0.3 is 4.74 Å². The van der Waals surface area contributed by atoms with Gasteiger partial charge >= 0.3 is 0 Å². The maximum atomic E-state index is 13.9. The highest BCUT2D eigenvalue weighted by atomic mass is 19.1. The first kappa shape index (κ1) is 13.2. The molecule has 0 heterocycles. The van der Waals surface area contributed by atoms with Gasteiger partial charge in [-0.3, -0.25) is 4.79 Å². The van der Waals surface area contributed by atoms with Crippen LogP contribution in [0.2, 0.25) is 0 Å². The molecule has 19 heavy (non-hydrogen) atoms. The molecule has 0 bridgehead atoms. The molecule has 0 radical (unpaired) electrons. The second-order valence-corrected chi connectivity index (χ2v) is 4.04. The second-order valence-electron chi connectivity index (χ2n) is 4.04. The highest BCUT2D eigenvalue weighted by Crippen LogP contribution is 2.21. The van der Waals surface area contributed by atoms with E-state index in [1.807, 2.05) is 0 Å². The molecule has 2 nitrogen and oxygen atoms in total. The van der Waals surface area contributed by atoms with Gasteiger partial charge in [-0.25, -0.2) is 8.78 Å². The van der Waals surface area contributed by atoms with Crippen molar-refractivity contribution in [3.8, 4) is 5.75 Å². The average Bonchev–Trinajstić information content (AvgIpc) is 2.41. The molecule has 4 heteroatoms. The highest BCUT2D eigenvalue weighted by molar-refractivity contribution is 5.97. The summed E-state index contributed by atoms with van der Waals surface area (Å²) < 4.78 is 31.7. The molecule has 98 valence electrons. The van der Waals surface area contributed by atoms with Crippen molar-refractivity contribution in [3.63, 3.8) is 0 Å². The summed E-state index contributed by atoms with van der Waals surface area (Å²) in [5.74, 6) is -1.30. The number of Topliss-reactive ketones (excluding diaryl/α,β-unsaturated/α-hetero) is 1. The summed E-state index contributed by atoms with van der Waals surface area (Å²) in [6, 6.07) is 9.94. The molecule has 0 saturated heterocycles. The van der Waals surface area contributed by atoms with Gasteiger partial charge in [0.05, 0.1) is 7.11 Å². The van der Waals surface area contributed by atoms with Crippen molar-refractivity contribution < 1.29 is 18.3 Å². The Kier molecular flexibility index (Phi) is 3.90. The van der Waals surface area contributed by atoms with Crippen molar-refractivity contribution in [2.24, 2.45) is 0 Å². The van der Waals surface area contributed by atoms with E-state index in [1.165, 1.54) is 37.4 Å². The Labute approximate surface area is 109 Å². The zero-order valence-corrected chi connectivity index (χ0v) is 10.3. The minimum Gasteiger partial charge on any atom is -0.494 e. The first-order valence-corrected chi connectivity index (χ1v) is 5.72. The molecule has 0 unspecified atom stereocenters. The normalized spacial score (nSPS) is 10.3. The van der Waals surface area contributed by atoms with Gasteiger partial charge in [0.15, 0.2) is 17.3 Å². The first-order chi connectivity index (χ1) is 9.11. The molecule has 0 N–H and O–H groups in total. The standard InChI is InChI=1S/C15H12F2O2/c1-19-14-7-3-5-11(15(14)17)9-13(18)10-4-2-6-12(16)8-10/h2-8H,9H2,1H3. The Morgan fingerprint density at radius 2 is 1.89 bits per heavy atom. The molecule has 0 aliphatic carbocycles. The van der Waals surface area contributed by atoms with E-state index in [-0.39, 0.29) is 29.1 Å². The van der Waals surface area contributed by atoms with Crippen molar-refractivity contribution >= 4 is 5.78 Å². The van der Waals surface area contributed by atoms with Gasteiger partial charge in [-0.05, 0) is 23.8 Å². The van der Waals surface area contributed by atoms with Gasteiger partial charge in [0.2, 0.25) is 0 Å². The number of ether oxygens (including phenoxy) is 1. The molecule has 0 aliphatic rings. The summed E-state index contributed by atoms with van der Waals surface area (Å²) in [6.45, 7) is 0. The number of hydrogen-bond donors (Lipinski definition) is 0. The minimum absolute atomic E-state index is 0.0875. The number of carbonyl (C=O) groups is 1. The number of methoxy groups -OCH3 is 1. The number of ketones is 1. The van der Waals surface area contributed by atoms with Crippen LogP contribution >= 0.6 is 0 Å². The minimum atomic E-state index is -0.560. The van der Waals surface area contributed by atoms with Gasteiger partial charge in [-0.15, -0.1) is 0 Å². The molecule has 2 rings (SSSR count). The van der Waals surface area contributed by atoms with Crippen molar-refractivity contribution in [1.82, 2.24) is 0 Å². The second kappa shape index (κ2) is 5.61. The molecule has 0 saturated carbocycles. The Morgan fingerprint density at radius 1 is 1.16 bits per heavy atom. The molecule has 0 amide bonds. The monoisotopic (exact) mass is 262 g/mol. The van der Waals surface area contributed by atoms with Gasteiger partial charge in [-0.2, -0.15) is 0 Å². The van der Waals surface area contributed by atoms with E-state index in [4.69, 9.17) is 4.74 Å². The smallest absolute Gasteiger partial charge is 0.168 e. The van der Waals surface area contributed by atoms with Gasteiger partial charge in [0.25, 0.3) is 0 Å². The number of carbonyl (C=O) groups excluding carboxylic acids is 1. The topological polar surface area (TPSA) is 26.3 Å². The van der Waals surface area contributed by atoms with Crippen LogP contribution in [0.4, 0.5) is 8.78 Å². The lowest BCUT2D eigenvalue weighted by Gasteiger charge is -2.07. The molecule has 0 atom stereocenters. The summed E-state index contributed by atoms with van der Waals surface area (Å²) in [4.78, 5) is 11.9. The van der Waals surface area contributed by atoms with Gasteiger partial charge in [0.1, 0.15) is 5.82 Å². The van der Waals surface area contributed by atoms with Crippen LogP contribution in [-0.2, 0) is 6.42 Å². The summed E-state index contributed by atoms with van der Waals surface area (Å²) in [5.41, 5.74) is 0.454. The van der Waals surface area contributed by atoms with Crippen molar-refractivity contribution in [3.05, 3.63) is 65.2 Å². The third-order valence-electron chi connectivity index (χ3n) is 2.76. The Morgan fingerprint density at radius 3 is 2.58 bits per heavy atom. The predicted molar refractivity (Wildman–Crippen MR) is 67.4 cm³/mol. The zero-order valence-electron chi connectivity index (χ0n) is 10.3. The zero-order chi connectivity index (χ0) is 13.8. The van der Waals surface area contributed by atoms with Gasteiger partial charge in [-0.1, -0.05) is 24.3 Å². The number of rotatable bonds is 4. The third-order valence-corrected chi connectivity index (χ3v) is 2.76. The Balaban J connectivity index is 2.24. The average molecular weight is 262 g/mol. The molecular weight excluding hydrogens is 250 g/mol.